The fraction of sp³-hybridized carbons (Fsp3) is 0.296. The van der Waals surface area contributed by atoms with Crippen LogP contribution in [-0.4, -0.2) is 32.2 Å². The first-order chi connectivity index (χ1) is 16.2. The van der Waals surface area contributed by atoms with E-state index in [1.165, 1.54) is 12.8 Å². The standard InChI is InChI=1S/C27H28N2O4/c1-31-26-17-21(9-12-25(26)32-15-13-20-6-5-14-28-20)29-18-19-16-23(10-11-24(19)27(29)30)33-22-7-3-2-4-8-22/h2-4,7-12,16-17,20,28H,5-6,13-15,18H2,1H3. The second-order valence-electron chi connectivity index (χ2n) is 8.39. The number of benzene rings is 3. The summed E-state index contributed by atoms with van der Waals surface area (Å²) in [7, 11) is 1.62. The Labute approximate surface area is 194 Å². The molecule has 0 radical (unpaired) electrons. The molecule has 33 heavy (non-hydrogen) atoms. The molecule has 0 aliphatic carbocycles. The summed E-state index contributed by atoms with van der Waals surface area (Å²) in [6, 6.07) is 21.4. The number of amides is 1. The molecule has 1 unspecified atom stereocenters. The summed E-state index contributed by atoms with van der Waals surface area (Å²) in [6.07, 6.45) is 3.40. The second kappa shape index (κ2) is 9.55. The summed E-state index contributed by atoms with van der Waals surface area (Å²) in [5, 5.41) is 3.48. The van der Waals surface area contributed by atoms with Crippen LogP contribution in [0.5, 0.6) is 23.0 Å². The normalized spacial score (nSPS) is 17.2. The summed E-state index contributed by atoms with van der Waals surface area (Å²) < 4.78 is 17.5. The van der Waals surface area contributed by atoms with E-state index in [9.17, 15) is 4.79 Å². The van der Waals surface area contributed by atoms with E-state index in [1.54, 1.807) is 12.0 Å². The Hall–Kier alpha value is -3.51. The molecule has 0 aromatic heterocycles. The van der Waals surface area contributed by atoms with Gasteiger partial charge in [-0.25, -0.2) is 0 Å². The van der Waals surface area contributed by atoms with Crippen LogP contribution in [0.4, 0.5) is 5.69 Å². The van der Waals surface area contributed by atoms with E-state index < -0.39 is 0 Å². The largest absolute Gasteiger partial charge is 0.493 e. The van der Waals surface area contributed by atoms with Crippen LogP contribution in [-0.2, 0) is 6.54 Å². The zero-order chi connectivity index (χ0) is 22.6. The van der Waals surface area contributed by atoms with E-state index in [0.29, 0.717) is 42.0 Å². The predicted molar refractivity (Wildman–Crippen MR) is 128 cm³/mol. The molecule has 3 aromatic rings. The number of nitrogens with one attached hydrogen (secondary N) is 1. The maximum atomic E-state index is 13.1. The third-order valence-corrected chi connectivity index (χ3v) is 6.20. The molecular formula is C27H28N2O4. The summed E-state index contributed by atoms with van der Waals surface area (Å²) in [5.74, 6) is 2.78. The highest BCUT2D eigenvalue weighted by Crippen LogP contribution is 2.37. The van der Waals surface area contributed by atoms with Gasteiger partial charge in [-0.15, -0.1) is 0 Å². The van der Waals surface area contributed by atoms with Gasteiger partial charge in [0, 0.05) is 23.4 Å². The number of ether oxygens (including phenoxy) is 3. The van der Waals surface area contributed by atoms with Gasteiger partial charge in [-0.05, 0) is 73.8 Å². The molecule has 1 saturated heterocycles. The number of fused-ring (bicyclic) bond motifs is 1. The Bertz CT molecular complexity index is 1130. The Morgan fingerprint density at radius 1 is 1.00 bits per heavy atom. The van der Waals surface area contributed by atoms with Gasteiger partial charge in [-0.1, -0.05) is 18.2 Å². The molecule has 3 aromatic carbocycles. The molecule has 2 heterocycles. The van der Waals surface area contributed by atoms with Crippen LogP contribution < -0.4 is 24.4 Å². The van der Waals surface area contributed by atoms with Gasteiger partial charge in [-0.3, -0.25) is 4.79 Å². The number of nitrogens with zero attached hydrogens (tertiary/aromatic N) is 1. The highest BCUT2D eigenvalue weighted by molar-refractivity contribution is 6.10. The highest BCUT2D eigenvalue weighted by atomic mass is 16.5. The van der Waals surface area contributed by atoms with Crippen LogP contribution in [0.2, 0.25) is 0 Å². The molecule has 1 amide bonds. The molecule has 6 nitrogen and oxygen atoms in total. The SMILES string of the molecule is COc1cc(N2Cc3cc(Oc4ccccc4)ccc3C2=O)ccc1OCCC1CCCN1. The number of methoxy groups -OCH3 is 1. The van der Waals surface area contributed by atoms with E-state index in [1.807, 2.05) is 66.7 Å². The van der Waals surface area contributed by atoms with E-state index in [-0.39, 0.29) is 5.91 Å². The Kier molecular flexibility index (Phi) is 6.17. The van der Waals surface area contributed by atoms with Gasteiger partial charge in [0.1, 0.15) is 11.5 Å². The molecule has 1 atom stereocenters. The highest BCUT2D eigenvalue weighted by Gasteiger charge is 2.29. The van der Waals surface area contributed by atoms with E-state index in [4.69, 9.17) is 14.2 Å². The fourth-order valence-corrected chi connectivity index (χ4v) is 4.45. The fourth-order valence-electron chi connectivity index (χ4n) is 4.45. The van der Waals surface area contributed by atoms with Crippen molar-refractivity contribution in [3.05, 3.63) is 77.9 Å². The van der Waals surface area contributed by atoms with Crippen molar-refractivity contribution in [2.75, 3.05) is 25.2 Å². The number of rotatable bonds is 8. The zero-order valence-electron chi connectivity index (χ0n) is 18.8. The van der Waals surface area contributed by atoms with Gasteiger partial charge in [0.2, 0.25) is 0 Å². The molecule has 0 bridgehead atoms. The lowest BCUT2D eigenvalue weighted by atomic mass is 10.1. The van der Waals surface area contributed by atoms with Crippen molar-refractivity contribution in [1.82, 2.24) is 5.32 Å². The Morgan fingerprint density at radius 3 is 2.67 bits per heavy atom. The van der Waals surface area contributed by atoms with Crippen LogP contribution in [0.1, 0.15) is 35.2 Å². The average Bonchev–Trinajstić information content (AvgIpc) is 3.48. The first-order valence-corrected chi connectivity index (χ1v) is 11.4. The summed E-state index contributed by atoms with van der Waals surface area (Å²) >= 11 is 0. The lowest BCUT2D eigenvalue weighted by molar-refractivity contribution is 0.0996. The molecular weight excluding hydrogens is 416 g/mol. The number of hydrogen-bond acceptors (Lipinski definition) is 5. The van der Waals surface area contributed by atoms with Crippen LogP contribution >= 0.6 is 0 Å². The molecule has 0 spiro atoms. The summed E-state index contributed by atoms with van der Waals surface area (Å²) in [4.78, 5) is 14.8. The third kappa shape index (κ3) is 4.66. The summed E-state index contributed by atoms with van der Waals surface area (Å²) in [6.45, 7) is 2.21. The van der Waals surface area contributed by atoms with Gasteiger partial charge in [0.25, 0.3) is 5.91 Å². The molecule has 2 aliphatic heterocycles. The molecule has 170 valence electrons. The minimum Gasteiger partial charge on any atom is -0.493 e. The van der Waals surface area contributed by atoms with Crippen molar-refractivity contribution in [3.63, 3.8) is 0 Å². The van der Waals surface area contributed by atoms with Gasteiger partial charge < -0.3 is 24.4 Å². The van der Waals surface area contributed by atoms with Crippen molar-refractivity contribution in [1.29, 1.82) is 0 Å². The molecule has 1 fully saturated rings. The first-order valence-electron chi connectivity index (χ1n) is 11.4. The molecule has 2 aliphatic rings. The third-order valence-electron chi connectivity index (χ3n) is 6.20. The quantitative estimate of drug-likeness (QED) is 0.520. The van der Waals surface area contributed by atoms with Crippen molar-refractivity contribution >= 4 is 11.6 Å². The topological polar surface area (TPSA) is 60.0 Å². The monoisotopic (exact) mass is 444 g/mol. The van der Waals surface area contributed by atoms with Gasteiger partial charge in [0.05, 0.1) is 20.3 Å². The number of hydrogen-bond donors (Lipinski definition) is 1. The Balaban J connectivity index is 1.28. The molecule has 0 saturated carbocycles. The predicted octanol–water partition coefficient (Wildman–Crippen LogP) is 5.17. The van der Waals surface area contributed by atoms with Crippen molar-refractivity contribution < 1.29 is 19.0 Å². The van der Waals surface area contributed by atoms with E-state index in [0.717, 1.165) is 30.0 Å². The minimum absolute atomic E-state index is 0.0284. The zero-order valence-corrected chi connectivity index (χ0v) is 18.8. The lowest BCUT2D eigenvalue weighted by Gasteiger charge is -2.19. The van der Waals surface area contributed by atoms with Gasteiger partial charge in [-0.2, -0.15) is 0 Å². The average molecular weight is 445 g/mol. The van der Waals surface area contributed by atoms with Crippen molar-refractivity contribution in [2.24, 2.45) is 0 Å². The molecule has 1 N–H and O–H groups in total. The number of carbonyl (C=O) groups excluding carboxylic acids is 1. The van der Waals surface area contributed by atoms with Crippen LogP contribution in [0.3, 0.4) is 0 Å². The number of anilines is 1. The van der Waals surface area contributed by atoms with E-state index >= 15 is 0 Å². The van der Waals surface area contributed by atoms with Crippen LogP contribution in [0.25, 0.3) is 0 Å². The van der Waals surface area contributed by atoms with Crippen LogP contribution in [0.15, 0.2) is 66.7 Å². The van der Waals surface area contributed by atoms with Crippen molar-refractivity contribution in [2.45, 2.75) is 31.8 Å². The van der Waals surface area contributed by atoms with Gasteiger partial charge in [0.15, 0.2) is 11.5 Å². The maximum Gasteiger partial charge on any atom is 0.258 e. The maximum absolute atomic E-state index is 13.1. The second-order valence-corrected chi connectivity index (χ2v) is 8.39. The van der Waals surface area contributed by atoms with Crippen molar-refractivity contribution in [3.8, 4) is 23.0 Å². The molecule has 6 heteroatoms. The smallest absolute Gasteiger partial charge is 0.258 e. The first kappa shape index (κ1) is 21.3. The molecule has 5 rings (SSSR count). The number of carbonyl (C=O) groups is 1. The number of para-hydroxylation sites is 1. The van der Waals surface area contributed by atoms with E-state index in [2.05, 4.69) is 5.32 Å². The summed E-state index contributed by atoms with van der Waals surface area (Å²) in [5.41, 5.74) is 2.42. The minimum atomic E-state index is -0.0284. The Morgan fingerprint density at radius 2 is 1.88 bits per heavy atom. The van der Waals surface area contributed by atoms with Gasteiger partial charge >= 0.3 is 0 Å². The van der Waals surface area contributed by atoms with Crippen LogP contribution in [0, 0.1) is 0 Å². The lowest BCUT2D eigenvalue weighted by Crippen LogP contribution is -2.24.